The molecule has 0 saturated heterocycles. The fourth-order valence-corrected chi connectivity index (χ4v) is 2.45. The summed E-state index contributed by atoms with van der Waals surface area (Å²) in [4.78, 5) is 4.26. The van der Waals surface area contributed by atoms with E-state index < -0.39 is 0 Å². The molecule has 0 bridgehead atoms. The Hall–Kier alpha value is -1.58. The van der Waals surface area contributed by atoms with Crippen LogP contribution < -0.4 is 10.6 Å². The largest absolute Gasteiger partial charge is 0.467 e. The molecule has 2 aromatic rings. The number of halogens is 1. The molecule has 6 nitrogen and oxygen atoms in total. The molecule has 7 heteroatoms. The summed E-state index contributed by atoms with van der Waals surface area (Å²) in [6.45, 7) is 7.41. The highest BCUT2D eigenvalue weighted by Gasteiger charge is 2.01. The lowest BCUT2D eigenvalue weighted by molar-refractivity contribution is 0.0657. The molecule has 1 aromatic carbocycles. The molecule has 0 aliphatic rings. The fourth-order valence-electron chi connectivity index (χ4n) is 2.45. The summed E-state index contributed by atoms with van der Waals surface area (Å²) in [5.74, 6) is 1.63. The SMILES string of the molecule is CN=C(NCCCOCc1ccco1)NCc1cccc(COC(C)C)c1.I. The zero-order valence-corrected chi connectivity index (χ0v) is 19.3. The van der Waals surface area contributed by atoms with Gasteiger partial charge in [0.25, 0.3) is 0 Å². The molecule has 28 heavy (non-hydrogen) atoms. The first-order valence-electron chi connectivity index (χ1n) is 9.41. The first kappa shape index (κ1) is 24.5. The lowest BCUT2D eigenvalue weighted by Crippen LogP contribution is -2.37. The minimum absolute atomic E-state index is 0. The molecule has 0 aliphatic heterocycles. The van der Waals surface area contributed by atoms with Gasteiger partial charge in [0.1, 0.15) is 12.4 Å². The molecule has 0 amide bonds. The monoisotopic (exact) mass is 501 g/mol. The van der Waals surface area contributed by atoms with E-state index in [0.29, 0.717) is 26.4 Å². The van der Waals surface area contributed by atoms with Crippen LogP contribution in [0, 0.1) is 0 Å². The van der Waals surface area contributed by atoms with Crippen LogP contribution in [0.5, 0.6) is 0 Å². The van der Waals surface area contributed by atoms with Gasteiger partial charge >= 0.3 is 0 Å². The molecule has 1 heterocycles. The summed E-state index contributed by atoms with van der Waals surface area (Å²) < 4.78 is 16.5. The Labute approximate surface area is 185 Å². The molecular weight excluding hydrogens is 469 g/mol. The molecule has 2 N–H and O–H groups in total. The Bertz CT molecular complexity index is 675. The molecule has 0 spiro atoms. The van der Waals surface area contributed by atoms with Crippen LogP contribution in [0.2, 0.25) is 0 Å². The van der Waals surface area contributed by atoms with E-state index in [9.17, 15) is 0 Å². The summed E-state index contributed by atoms with van der Waals surface area (Å²) in [5.41, 5.74) is 2.38. The first-order chi connectivity index (χ1) is 13.2. The lowest BCUT2D eigenvalue weighted by atomic mass is 10.1. The zero-order valence-electron chi connectivity index (χ0n) is 16.9. The van der Waals surface area contributed by atoms with Crippen LogP contribution in [-0.4, -0.2) is 32.3 Å². The molecule has 0 fully saturated rings. The van der Waals surface area contributed by atoms with Crippen molar-refractivity contribution in [3.05, 3.63) is 59.5 Å². The smallest absolute Gasteiger partial charge is 0.191 e. The number of nitrogens with zero attached hydrogens (tertiary/aromatic N) is 1. The van der Waals surface area contributed by atoms with Crippen molar-refractivity contribution in [1.29, 1.82) is 0 Å². The van der Waals surface area contributed by atoms with E-state index in [-0.39, 0.29) is 30.1 Å². The van der Waals surface area contributed by atoms with Gasteiger partial charge in [-0.1, -0.05) is 24.3 Å². The van der Waals surface area contributed by atoms with Crippen molar-refractivity contribution >= 4 is 29.9 Å². The maximum atomic E-state index is 5.66. The number of hydrogen-bond donors (Lipinski definition) is 2. The predicted molar refractivity (Wildman–Crippen MR) is 123 cm³/mol. The maximum Gasteiger partial charge on any atom is 0.191 e. The van der Waals surface area contributed by atoms with Crippen LogP contribution in [0.4, 0.5) is 0 Å². The Morgan fingerprint density at radius 3 is 2.64 bits per heavy atom. The van der Waals surface area contributed by atoms with Gasteiger partial charge in [-0.3, -0.25) is 4.99 Å². The quantitative estimate of drug-likeness (QED) is 0.210. The molecule has 0 unspecified atom stereocenters. The van der Waals surface area contributed by atoms with Crippen molar-refractivity contribution < 1.29 is 13.9 Å². The number of guanidine groups is 1. The van der Waals surface area contributed by atoms with Crippen molar-refractivity contribution in [2.45, 2.75) is 46.1 Å². The van der Waals surface area contributed by atoms with E-state index in [2.05, 4.69) is 39.9 Å². The standard InChI is InChI=1S/C21H31N3O3.HI/c1-17(2)27-15-19-8-4-7-18(13-19)14-24-21(22-3)23-10-6-11-25-16-20-9-5-12-26-20;/h4-5,7-9,12-13,17H,6,10-11,14-16H2,1-3H3,(H2,22,23,24);1H. The number of hydrogen-bond acceptors (Lipinski definition) is 4. The number of ether oxygens (including phenoxy) is 2. The Balaban J connectivity index is 0.00000392. The van der Waals surface area contributed by atoms with Gasteiger partial charge in [0.05, 0.1) is 19.0 Å². The third kappa shape index (κ3) is 10.1. The van der Waals surface area contributed by atoms with Crippen molar-refractivity contribution in [3.63, 3.8) is 0 Å². The molecular formula is C21H32IN3O3. The zero-order chi connectivity index (χ0) is 19.3. The van der Waals surface area contributed by atoms with Gasteiger partial charge in [-0.05, 0) is 43.5 Å². The van der Waals surface area contributed by atoms with E-state index in [1.807, 2.05) is 26.0 Å². The van der Waals surface area contributed by atoms with Crippen LogP contribution in [0.1, 0.15) is 37.2 Å². The van der Waals surface area contributed by atoms with Crippen LogP contribution in [0.15, 0.2) is 52.1 Å². The third-order valence-corrected chi connectivity index (χ3v) is 3.84. The van der Waals surface area contributed by atoms with Crippen LogP contribution in [0.25, 0.3) is 0 Å². The highest BCUT2D eigenvalue weighted by molar-refractivity contribution is 14.0. The van der Waals surface area contributed by atoms with E-state index in [4.69, 9.17) is 13.9 Å². The van der Waals surface area contributed by atoms with Crippen LogP contribution in [-0.2, 0) is 29.2 Å². The van der Waals surface area contributed by atoms with Crippen molar-refractivity contribution in [3.8, 4) is 0 Å². The summed E-state index contributed by atoms with van der Waals surface area (Å²) in [6, 6.07) is 12.2. The second-order valence-electron chi connectivity index (χ2n) is 6.52. The average molecular weight is 501 g/mol. The van der Waals surface area contributed by atoms with Crippen molar-refractivity contribution in [1.82, 2.24) is 10.6 Å². The Morgan fingerprint density at radius 2 is 1.93 bits per heavy atom. The molecule has 0 atom stereocenters. The molecule has 0 radical (unpaired) electrons. The van der Waals surface area contributed by atoms with Crippen molar-refractivity contribution in [2.24, 2.45) is 4.99 Å². The molecule has 0 aliphatic carbocycles. The van der Waals surface area contributed by atoms with Gasteiger partial charge in [0, 0.05) is 26.7 Å². The highest BCUT2D eigenvalue weighted by Crippen LogP contribution is 2.08. The van der Waals surface area contributed by atoms with Gasteiger partial charge in [-0.15, -0.1) is 24.0 Å². The number of rotatable bonds is 11. The second-order valence-corrected chi connectivity index (χ2v) is 6.52. The lowest BCUT2D eigenvalue weighted by Gasteiger charge is -2.13. The number of nitrogens with one attached hydrogen (secondary N) is 2. The summed E-state index contributed by atoms with van der Waals surface area (Å²) in [7, 11) is 1.77. The topological polar surface area (TPSA) is 68.0 Å². The van der Waals surface area contributed by atoms with Crippen LogP contribution >= 0.6 is 24.0 Å². The number of furan rings is 1. The van der Waals surface area contributed by atoms with Gasteiger partial charge < -0.3 is 24.5 Å². The number of aliphatic imine (C=N–C) groups is 1. The summed E-state index contributed by atoms with van der Waals surface area (Å²) in [5, 5.41) is 6.63. The van der Waals surface area contributed by atoms with E-state index in [0.717, 1.165) is 24.7 Å². The Morgan fingerprint density at radius 1 is 1.11 bits per heavy atom. The minimum Gasteiger partial charge on any atom is -0.467 e. The highest BCUT2D eigenvalue weighted by atomic mass is 127. The summed E-state index contributed by atoms with van der Waals surface area (Å²) in [6.07, 6.45) is 2.78. The molecule has 2 rings (SSSR count). The minimum atomic E-state index is 0. The first-order valence-corrected chi connectivity index (χ1v) is 9.41. The van der Waals surface area contributed by atoms with Gasteiger partial charge in [0.2, 0.25) is 0 Å². The van der Waals surface area contributed by atoms with Gasteiger partial charge in [-0.2, -0.15) is 0 Å². The van der Waals surface area contributed by atoms with Gasteiger partial charge in [-0.25, -0.2) is 0 Å². The maximum absolute atomic E-state index is 5.66. The fraction of sp³-hybridized carbons (Fsp3) is 0.476. The summed E-state index contributed by atoms with van der Waals surface area (Å²) >= 11 is 0. The van der Waals surface area contributed by atoms with E-state index >= 15 is 0 Å². The van der Waals surface area contributed by atoms with E-state index in [1.165, 1.54) is 11.1 Å². The molecule has 1 aromatic heterocycles. The van der Waals surface area contributed by atoms with Gasteiger partial charge in [0.15, 0.2) is 5.96 Å². The van der Waals surface area contributed by atoms with E-state index in [1.54, 1.807) is 13.3 Å². The second kappa shape index (κ2) is 14.4. The predicted octanol–water partition coefficient (Wildman–Crippen LogP) is 4.09. The van der Waals surface area contributed by atoms with Crippen LogP contribution in [0.3, 0.4) is 0 Å². The normalized spacial score (nSPS) is 11.4. The molecule has 0 saturated carbocycles. The number of benzene rings is 1. The Kier molecular flexibility index (Phi) is 12.6. The average Bonchev–Trinajstić information content (AvgIpc) is 3.19. The van der Waals surface area contributed by atoms with Crippen molar-refractivity contribution in [2.75, 3.05) is 20.2 Å². The molecule has 156 valence electrons. The third-order valence-electron chi connectivity index (χ3n) is 3.84.